The maximum absolute atomic E-state index is 12.4. The number of halogens is 3. The monoisotopic (exact) mass is 469 g/mol. The van der Waals surface area contributed by atoms with E-state index in [1.807, 2.05) is 6.92 Å². The third kappa shape index (κ3) is 6.83. The van der Waals surface area contributed by atoms with Crippen LogP contribution < -0.4 is 14.8 Å². The van der Waals surface area contributed by atoms with Gasteiger partial charge in [-0.05, 0) is 44.4 Å². The second-order valence-electron chi connectivity index (χ2n) is 5.46. The summed E-state index contributed by atoms with van der Waals surface area (Å²) >= 11 is 0. The van der Waals surface area contributed by atoms with Crippen molar-refractivity contribution in [1.29, 1.82) is 0 Å². The lowest BCUT2D eigenvalue weighted by atomic mass is 10.2. The first-order valence-corrected chi connectivity index (χ1v) is 8.37. The average Bonchev–Trinajstić information content (AvgIpc) is 3.07. The third-order valence-electron chi connectivity index (χ3n) is 3.68. The molecule has 1 heterocycles. The number of likely N-dealkylation sites (tertiary alicyclic amines) is 1. The largest absolute Gasteiger partial charge is 0.490 e. The first-order chi connectivity index (χ1) is 11.6. The fraction of sp³-hybridized carbons (Fsp3) is 0.588. The number of guanidine groups is 1. The van der Waals surface area contributed by atoms with Gasteiger partial charge in [-0.15, -0.1) is 24.0 Å². The minimum Gasteiger partial charge on any atom is -0.490 e. The van der Waals surface area contributed by atoms with Gasteiger partial charge in [0.2, 0.25) is 0 Å². The highest BCUT2D eigenvalue weighted by Crippen LogP contribution is 2.30. The van der Waals surface area contributed by atoms with Gasteiger partial charge in [0.25, 0.3) is 0 Å². The summed E-state index contributed by atoms with van der Waals surface area (Å²) in [5.41, 5.74) is 0.884. The number of nitrogens with zero attached hydrogens (tertiary/aromatic N) is 2. The Morgan fingerprint density at radius 3 is 2.56 bits per heavy atom. The lowest BCUT2D eigenvalue weighted by molar-refractivity contribution is -0.0514. The molecule has 0 aromatic heterocycles. The van der Waals surface area contributed by atoms with Gasteiger partial charge in [-0.1, -0.05) is 6.07 Å². The van der Waals surface area contributed by atoms with E-state index in [0.717, 1.165) is 31.2 Å². The van der Waals surface area contributed by atoms with Gasteiger partial charge in [0.1, 0.15) is 0 Å². The van der Waals surface area contributed by atoms with Gasteiger partial charge < -0.3 is 19.7 Å². The van der Waals surface area contributed by atoms with Crippen LogP contribution in [0, 0.1) is 0 Å². The van der Waals surface area contributed by atoms with Crippen LogP contribution in [0.4, 0.5) is 8.78 Å². The van der Waals surface area contributed by atoms with Crippen LogP contribution in [0.1, 0.15) is 32.3 Å². The standard InChI is InChI=1S/C17H25F2N3O2.HI/c1-3-20-17(22-9-5-6-10-22)21-12-13-7-8-14(24-16(18)19)15(11-13)23-4-2;/h7-8,11,16H,3-6,9-10,12H2,1-2H3,(H,20,21);1H. The summed E-state index contributed by atoms with van der Waals surface area (Å²) < 4.78 is 34.8. The summed E-state index contributed by atoms with van der Waals surface area (Å²) in [5.74, 6) is 1.25. The van der Waals surface area contributed by atoms with Crippen LogP contribution in [0.3, 0.4) is 0 Å². The van der Waals surface area contributed by atoms with Crippen LogP contribution in [0.15, 0.2) is 23.2 Å². The minimum atomic E-state index is -2.87. The summed E-state index contributed by atoms with van der Waals surface area (Å²) in [4.78, 5) is 6.88. The number of benzene rings is 1. The highest BCUT2D eigenvalue weighted by atomic mass is 127. The van der Waals surface area contributed by atoms with Crippen LogP contribution in [0.5, 0.6) is 11.5 Å². The van der Waals surface area contributed by atoms with Crippen LogP contribution in [-0.4, -0.2) is 43.7 Å². The fourth-order valence-corrected chi connectivity index (χ4v) is 2.63. The second-order valence-corrected chi connectivity index (χ2v) is 5.46. The number of rotatable bonds is 7. The summed E-state index contributed by atoms with van der Waals surface area (Å²) in [5, 5.41) is 3.29. The molecular formula is C17H26F2IN3O2. The Balaban J connectivity index is 0.00000312. The first kappa shape index (κ1) is 21.7. The molecule has 0 saturated carbocycles. The zero-order valence-electron chi connectivity index (χ0n) is 14.6. The van der Waals surface area contributed by atoms with Crippen molar-refractivity contribution in [2.24, 2.45) is 4.99 Å². The van der Waals surface area contributed by atoms with E-state index in [2.05, 4.69) is 19.9 Å². The highest BCUT2D eigenvalue weighted by Gasteiger charge is 2.16. The molecule has 1 aromatic carbocycles. The molecule has 8 heteroatoms. The van der Waals surface area contributed by atoms with Crippen LogP contribution in [0.25, 0.3) is 0 Å². The Morgan fingerprint density at radius 1 is 1.24 bits per heavy atom. The molecule has 1 aliphatic rings. The molecule has 0 atom stereocenters. The van der Waals surface area contributed by atoms with E-state index in [0.29, 0.717) is 18.9 Å². The van der Waals surface area contributed by atoms with Gasteiger partial charge in [0.05, 0.1) is 13.2 Å². The minimum absolute atomic E-state index is 0. The molecular weight excluding hydrogens is 443 g/mol. The number of aliphatic imine (C=N–C) groups is 1. The molecule has 1 N–H and O–H groups in total. The van der Waals surface area contributed by atoms with Crippen molar-refractivity contribution in [3.8, 4) is 11.5 Å². The van der Waals surface area contributed by atoms with Crippen molar-refractivity contribution in [3.05, 3.63) is 23.8 Å². The SMILES string of the molecule is CCNC(=NCc1ccc(OC(F)F)c(OCC)c1)N1CCCC1.I. The van der Waals surface area contributed by atoms with Crippen molar-refractivity contribution in [2.75, 3.05) is 26.2 Å². The Kier molecular flexibility index (Phi) is 9.84. The molecule has 0 spiro atoms. The molecule has 5 nitrogen and oxygen atoms in total. The third-order valence-corrected chi connectivity index (χ3v) is 3.68. The van der Waals surface area contributed by atoms with E-state index >= 15 is 0 Å². The van der Waals surface area contributed by atoms with E-state index < -0.39 is 6.61 Å². The van der Waals surface area contributed by atoms with Gasteiger partial charge in [-0.3, -0.25) is 0 Å². The van der Waals surface area contributed by atoms with Gasteiger partial charge in [-0.2, -0.15) is 8.78 Å². The Morgan fingerprint density at radius 2 is 1.96 bits per heavy atom. The molecule has 1 fully saturated rings. The smallest absolute Gasteiger partial charge is 0.387 e. The van der Waals surface area contributed by atoms with E-state index in [1.165, 1.54) is 18.9 Å². The molecule has 0 amide bonds. The summed E-state index contributed by atoms with van der Waals surface area (Å²) in [6, 6.07) is 4.94. The van der Waals surface area contributed by atoms with Gasteiger partial charge >= 0.3 is 6.61 Å². The Labute approximate surface area is 164 Å². The summed E-state index contributed by atoms with van der Waals surface area (Å²) in [6.07, 6.45) is 2.36. The normalized spacial score (nSPS) is 14.4. The summed E-state index contributed by atoms with van der Waals surface area (Å²) in [7, 11) is 0. The van der Waals surface area contributed by atoms with Gasteiger partial charge in [0.15, 0.2) is 17.5 Å². The van der Waals surface area contributed by atoms with Crippen molar-refractivity contribution in [2.45, 2.75) is 39.8 Å². The molecule has 0 radical (unpaired) electrons. The predicted octanol–water partition coefficient (Wildman–Crippen LogP) is 3.87. The topological polar surface area (TPSA) is 46.1 Å². The maximum atomic E-state index is 12.4. The molecule has 1 aromatic rings. The van der Waals surface area contributed by atoms with Crippen molar-refractivity contribution >= 4 is 29.9 Å². The number of hydrogen-bond acceptors (Lipinski definition) is 3. The number of ether oxygens (including phenoxy) is 2. The maximum Gasteiger partial charge on any atom is 0.387 e. The lowest BCUT2D eigenvalue weighted by Gasteiger charge is -2.20. The number of nitrogens with one attached hydrogen (secondary N) is 1. The summed E-state index contributed by atoms with van der Waals surface area (Å²) in [6.45, 7) is 4.62. The molecule has 2 rings (SSSR count). The first-order valence-electron chi connectivity index (χ1n) is 8.37. The predicted molar refractivity (Wildman–Crippen MR) is 105 cm³/mol. The molecule has 1 saturated heterocycles. The molecule has 25 heavy (non-hydrogen) atoms. The van der Waals surface area contributed by atoms with Crippen LogP contribution in [0.2, 0.25) is 0 Å². The fourth-order valence-electron chi connectivity index (χ4n) is 2.63. The Hall–Kier alpha value is -1.32. The van der Waals surface area contributed by atoms with E-state index in [1.54, 1.807) is 19.1 Å². The van der Waals surface area contributed by atoms with Crippen molar-refractivity contribution in [1.82, 2.24) is 10.2 Å². The molecule has 0 unspecified atom stereocenters. The van der Waals surface area contributed by atoms with Gasteiger partial charge in [0, 0.05) is 19.6 Å². The molecule has 0 bridgehead atoms. The van der Waals surface area contributed by atoms with Crippen molar-refractivity contribution < 1.29 is 18.3 Å². The van der Waals surface area contributed by atoms with Crippen LogP contribution in [-0.2, 0) is 6.54 Å². The van der Waals surface area contributed by atoms with E-state index in [9.17, 15) is 8.78 Å². The lowest BCUT2D eigenvalue weighted by Crippen LogP contribution is -2.39. The Bertz CT molecular complexity index is 553. The van der Waals surface area contributed by atoms with Crippen LogP contribution >= 0.6 is 24.0 Å². The number of hydrogen-bond donors (Lipinski definition) is 1. The van der Waals surface area contributed by atoms with Gasteiger partial charge in [-0.25, -0.2) is 4.99 Å². The zero-order valence-corrected chi connectivity index (χ0v) is 17.0. The second kappa shape index (κ2) is 11.3. The quantitative estimate of drug-likeness (QED) is 0.374. The molecule has 142 valence electrons. The van der Waals surface area contributed by atoms with E-state index in [-0.39, 0.29) is 29.7 Å². The highest BCUT2D eigenvalue weighted by molar-refractivity contribution is 14.0. The average molecular weight is 469 g/mol. The molecule has 0 aliphatic carbocycles. The number of alkyl halides is 2. The van der Waals surface area contributed by atoms with E-state index in [4.69, 9.17) is 4.74 Å². The van der Waals surface area contributed by atoms with Crippen molar-refractivity contribution in [3.63, 3.8) is 0 Å². The molecule has 1 aliphatic heterocycles. The zero-order chi connectivity index (χ0) is 17.4.